The largest absolute Gasteiger partial charge is 0.440 e. The molecule has 1 heterocycles. The van der Waals surface area contributed by atoms with Crippen molar-refractivity contribution < 1.29 is 9.53 Å². The number of amides is 1. The number of ether oxygens (including phenoxy) is 1. The van der Waals surface area contributed by atoms with E-state index in [9.17, 15) is 10.1 Å². The van der Waals surface area contributed by atoms with Crippen LogP contribution in [0.2, 0.25) is 5.02 Å². The van der Waals surface area contributed by atoms with Crippen molar-refractivity contribution in [3.05, 3.63) is 58.6 Å². The summed E-state index contributed by atoms with van der Waals surface area (Å²) in [6.45, 7) is 8.88. The number of hydrogen-bond donors (Lipinski definition) is 0. The third kappa shape index (κ3) is 5.30. The molecular formula is C24H29ClN4O2. The molecule has 3 atom stereocenters. The molecule has 1 aliphatic rings. The van der Waals surface area contributed by atoms with Crippen LogP contribution in [-0.2, 0) is 4.74 Å². The lowest BCUT2D eigenvalue weighted by Gasteiger charge is -2.28. The number of halogens is 1. The average molecular weight is 441 g/mol. The lowest BCUT2D eigenvalue weighted by Crippen LogP contribution is -2.37. The van der Waals surface area contributed by atoms with Gasteiger partial charge in [-0.05, 0) is 69.3 Å². The number of hydrogen-bond acceptors (Lipinski definition) is 5. The molecule has 3 unspecified atom stereocenters. The topological polar surface area (TPSA) is 59.6 Å². The molecule has 0 spiro atoms. The highest BCUT2D eigenvalue weighted by atomic mass is 35.5. The smallest absolute Gasteiger partial charge is 0.416 e. The van der Waals surface area contributed by atoms with Gasteiger partial charge in [-0.2, -0.15) is 5.26 Å². The number of carbonyl (C=O) groups is 1. The van der Waals surface area contributed by atoms with E-state index in [1.807, 2.05) is 26.1 Å². The molecule has 31 heavy (non-hydrogen) atoms. The summed E-state index contributed by atoms with van der Waals surface area (Å²) in [5.74, 6) is 0. The SMILES string of the molecule is CCN(CC)c1ccc(N(C(=O)OC(CC#N)c2ccc(Cl)cc2)C2CN2C)c(C)c1. The molecule has 0 bridgehead atoms. The molecule has 2 aromatic carbocycles. The molecule has 3 rings (SSSR count). The van der Waals surface area contributed by atoms with Gasteiger partial charge >= 0.3 is 6.09 Å². The number of nitriles is 1. The Balaban J connectivity index is 1.88. The van der Waals surface area contributed by atoms with Crippen LogP contribution in [0.25, 0.3) is 0 Å². The molecule has 1 fully saturated rings. The third-order valence-corrected chi connectivity index (χ3v) is 5.90. The van der Waals surface area contributed by atoms with Crippen LogP contribution in [0.1, 0.15) is 37.5 Å². The molecule has 7 heteroatoms. The van der Waals surface area contributed by atoms with Crippen molar-refractivity contribution in [1.82, 2.24) is 4.90 Å². The first-order chi connectivity index (χ1) is 14.9. The standard InChI is InChI=1S/C24H29ClN4O2/c1-5-28(6-2)20-11-12-21(17(3)15-20)29(23-16-27(23)4)24(30)31-22(13-14-26)18-7-9-19(25)10-8-18/h7-12,15,22-23H,5-6,13,16H2,1-4H3. The molecule has 0 N–H and O–H groups in total. The van der Waals surface area contributed by atoms with Gasteiger partial charge in [0.25, 0.3) is 0 Å². The molecular weight excluding hydrogens is 412 g/mol. The summed E-state index contributed by atoms with van der Waals surface area (Å²) in [5.41, 5.74) is 3.70. The number of carbonyl (C=O) groups excluding carboxylic acids is 1. The fourth-order valence-electron chi connectivity index (χ4n) is 3.73. The van der Waals surface area contributed by atoms with Crippen LogP contribution in [0.4, 0.5) is 16.2 Å². The molecule has 0 radical (unpaired) electrons. The van der Waals surface area contributed by atoms with Crippen molar-refractivity contribution in [3.63, 3.8) is 0 Å². The summed E-state index contributed by atoms with van der Waals surface area (Å²) >= 11 is 5.98. The first kappa shape index (κ1) is 22.9. The highest BCUT2D eigenvalue weighted by molar-refractivity contribution is 6.30. The summed E-state index contributed by atoms with van der Waals surface area (Å²) in [6, 6.07) is 15.3. The fourth-order valence-corrected chi connectivity index (χ4v) is 3.86. The molecule has 1 saturated heterocycles. The van der Waals surface area contributed by atoms with Gasteiger partial charge in [0, 0.05) is 30.3 Å². The Kier molecular flexibility index (Phi) is 7.42. The maximum absolute atomic E-state index is 13.3. The molecule has 2 aromatic rings. The first-order valence-corrected chi connectivity index (χ1v) is 10.9. The Morgan fingerprint density at radius 1 is 1.26 bits per heavy atom. The lowest BCUT2D eigenvalue weighted by molar-refractivity contribution is 0.105. The predicted molar refractivity (Wildman–Crippen MR) is 125 cm³/mol. The maximum atomic E-state index is 13.3. The van der Waals surface area contributed by atoms with E-state index in [4.69, 9.17) is 16.3 Å². The van der Waals surface area contributed by atoms with E-state index < -0.39 is 12.2 Å². The molecule has 164 valence electrons. The second-order valence-corrected chi connectivity index (χ2v) is 8.16. The predicted octanol–water partition coefficient (Wildman–Crippen LogP) is 5.36. The minimum absolute atomic E-state index is 0.0570. The van der Waals surface area contributed by atoms with Gasteiger partial charge in [0.15, 0.2) is 0 Å². The third-order valence-electron chi connectivity index (χ3n) is 5.65. The Bertz CT molecular complexity index is 953. The van der Waals surface area contributed by atoms with Gasteiger partial charge < -0.3 is 9.64 Å². The minimum Gasteiger partial charge on any atom is -0.440 e. The molecule has 0 saturated carbocycles. The molecule has 1 amide bonds. The molecule has 0 aromatic heterocycles. The molecule has 1 aliphatic heterocycles. The zero-order valence-electron chi connectivity index (χ0n) is 18.5. The summed E-state index contributed by atoms with van der Waals surface area (Å²) in [5, 5.41) is 9.86. The summed E-state index contributed by atoms with van der Waals surface area (Å²) in [7, 11) is 1.97. The quantitative estimate of drug-likeness (QED) is 0.517. The maximum Gasteiger partial charge on any atom is 0.416 e. The van der Waals surface area contributed by atoms with Crippen LogP contribution in [0.3, 0.4) is 0 Å². The van der Waals surface area contributed by atoms with Crippen LogP contribution in [0, 0.1) is 18.3 Å². The zero-order valence-corrected chi connectivity index (χ0v) is 19.3. The summed E-state index contributed by atoms with van der Waals surface area (Å²) < 4.78 is 5.84. The van der Waals surface area contributed by atoms with E-state index in [2.05, 4.69) is 35.8 Å². The highest BCUT2D eigenvalue weighted by Gasteiger charge is 2.41. The van der Waals surface area contributed by atoms with E-state index in [1.165, 1.54) is 0 Å². The van der Waals surface area contributed by atoms with Crippen LogP contribution in [0.5, 0.6) is 0 Å². The fraction of sp³-hybridized carbons (Fsp3) is 0.417. The van der Waals surface area contributed by atoms with Crippen molar-refractivity contribution in [1.29, 1.82) is 5.26 Å². The average Bonchev–Trinajstić information content (AvgIpc) is 3.46. The van der Waals surface area contributed by atoms with Crippen molar-refractivity contribution in [3.8, 4) is 6.07 Å². The summed E-state index contributed by atoms with van der Waals surface area (Å²) in [4.78, 5) is 19.3. The Morgan fingerprint density at radius 3 is 2.42 bits per heavy atom. The van der Waals surface area contributed by atoms with E-state index in [0.717, 1.165) is 42.1 Å². The second-order valence-electron chi connectivity index (χ2n) is 7.72. The molecule has 6 nitrogen and oxygen atoms in total. The van der Waals surface area contributed by atoms with E-state index in [0.29, 0.717) is 5.02 Å². The zero-order chi connectivity index (χ0) is 22.5. The van der Waals surface area contributed by atoms with Gasteiger partial charge in [0.1, 0.15) is 12.3 Å². The Labute approximate surface area is 189 Å². The number of benzene rings is 2. The summed E-state index contributed by atoms with van der Waals surface area (Å²) in [6.07, 6.45) is -1.10. The minimum atomic E-state index is -0.656. The Hall–Kier alpha value is -2.75. The normalized spacial score (nSPS) is 18.1. The van der Waals surface area contributed by atoms with Gasteiger partial charge in [-0.3, -0.25) is 9.80 Å². The van der Waals surface area contributed by atoms with Gasteiger partial charge in [-0.15, -0.1) is 0 Å². The number of anilines is 2. The van der Waals surface area contributed by atoms with E-state index >= 15 is 0 Å². The number of rotatable bonds is 8. The number of nitrogens with zero attached hydrogens (tertiary/aromatic N) is 4. The van der Waals surface area contributed by atoms with Gasteiger partial charge in [-0.1, -0.05) is 23.7 Å². The van der Waals surface area contributed by atoms with E-state index in [-0.39, 0.29) is 12.6 Å². The highest BCUT2D eigenvalue weighted by Crippen LogP contribution is 2.34. The number of likely N-dealkylation sites (N-methyl/N-ethyl adjacent to an activating group) is 1. The first-order valence-electron chi connectivity index (χ1n) is 10.6. The van der Waals surface area contributed by atoms with Crippen LogP contribution >= 0.6 is 11.6 Å². The molecule has 0 aliphatic carbocycles. The second kappa shape index (κ2) is 10.0. The van der Waals surface area contributed by atoms with Gasteiger partial charge in [-0.25, -0.2) is 4.79 Å². The van der Waals surface area contributed by atoms with Crippen LogP contribution < -0.4 is 9.80 Å². The van der Waals surface area contributed by atoms with Gasteiger partial charge in [0.05, 0.1) is 18.2 Å². The van der Waals surface area contributed by atoms with Gasteiger partial charge in [0.2, 0.25) is 0 Å². The van der Waals surface area contributed by atoms with Crippen molar-refractivity contribution in [2.75, 3.05) is 36.5 Å². The number of aryl methyl sites for hydroxylation is 1. The van der Waals surface area contributed by atoms with Crippen molar-refractivity contribution in [2.45, 2.75) is 39.5 Å². The monoisotopic (exact) mass is 440 g/mol. The van der Waals surface area contributed by atoms with Crippen LogP contribution in [-0.4, -0.2) is 43.8 Å². The van der Waals surface area contributed by atoms with Crippen LogP contribution in [0.15, 0.2) is 42.5 Å². The Morgan fingerprint density at radius 2 is 1.90 bits per heavy atom. The lowest BCUT2D eigenvalue weighted by atomic mass is 10.1. The van der Waals surface area contributed by atoms with E-state index in [1.54, 1.807) is 29.2 Å². The van der Waals surface area contributed by atoms with Crippen molar-refractivity contribution >= 4 is 29.1 Å². The van der Waals surface area contributed by atoms with Crippen molar-refractivity contribution in [2.24, 2.45) is 0 Å².